The van der Waals surface area contributed by atoms with Crippen LogP contribution in [0.25, 0.3) is 10.9 Å². The lowest BCUT2D eigenvalue weighted by Gasteiger charge is -2.22. The lowest BCUT2D eigenvalue weighted by Crippen LogP contribution is -2.50. The van der Waals surface area contributed by atoms with Crippen LogP contribution in [0.2, 0.25) is 0 Å². The molecule has 1 aromatic carbocycles. The quantitative estimate of drug-likeness (QED) is 0.836. The van der Waals surface area contributed by atoms with Gasteiger partial charge in [0, 0.05) is 24.0 Å². The predicted octanol–water partition coefficient (Wildman–Crippen LogP) is 1.44. The van der Waals surface area contributed by atoms with Crippen molar-refractivity contribution in [2.45, 2.75) is 32.4 Å². The SMILES string of the molecule is Cc1cc(CNC2CCC(=O)NC2=O)c2ccccc2n1. The molecule has 2 aromatic rings. The maximum atomic E-state index is 11.7. The number of piperidine rings is 1. The van der Waals surface area contributed by atoms with Crippen molar-refractivity contribution in [3.8, 4) is 0 Å². The van der Waals surface area contributed by atoms with Gasteiger partial charge in [0.15, 0.2) is 0 Å². The van der Waals surface area contributed by atoms with Crippen molar-refractivity contribution >= 4 is 22.7 Å². The summed E-state index contributed by atoms with van der Waals surface area (Å²) < 4.78 is 0. The van der Waals surface area contributed by atoms with Crippen molar-refractivity contribution in [2.24, 2.45) is 0 Å². The number of imide groups is 1. The number of amides is 2. The molecule has 1 fully saturated rings. The second kappa shape index (κ2) is 5.61. The van der Waals surface area contributed by atoms with Crippen LogP contribution in [-0.2, 0) is 16.1 Å². The average molecular weight is 283 g/mol. The molecule has 0 spiro atoms. The fourth-order valence-electron chi connectivity index (χ4n) is 2.66. The standard InChI is InChI=1S/C16H17N3O2/c1-10-8-11(12-4-2-3-5-13(12)18-10)9-17-14-6-7-15(20)19-16(14)21/h2-5,8,14,17H,6-7,9H2,1H3,(H,19,20,21). The summed E-state index contributed by atoms with van der Waals surface area (Å²) >= 11 is 0. The fraction of sp³-hybridized carbons (Fsp3) is 0.312. The topological polar surface area (TPSA) is 71.1 Å². The Morgan fingerprint density at radius 2 is 2.14 bits per heavy atom. The Labute approximate surface area is 122 Å². The highest BCUT2D eigenvalue weighted by Crippen LogP contribution is 2.18. The van der Waals surface area contributed by atoms with E-state index in [0.29, 0.717) is 19.4 Å². The minimum Gasteiger partial charge on any atom is -0.302 e. The van der Waals surface area contributed by atoms with Gasteiger partial charge in [-0.3, -0.25) is 19.9 Å². The Morgan fingerprint density at radius 3 is 2.95 bits per heavy atom. The first-order valence-electron chi connectivity index (χ1n) is 7.06. The molecule has 3 rings (SSSR count). The van der Waals surface area contributed by atoms with Gasteiger partial charge >= 0.3 is 0 Å². The zero-order chi connectivity index (χ0) is 14.8. The van der Waals surface area contributed by atoms with Crippen LogP contribution in [-0.4, -0.2) is 22.8 Å². The molecule has 0 saturated carbocycles. The second-order valence-corrected chi connectivity index (χ2v) is 5.32. The number of benzene rings is 1. The van der Waals surface area contributed by atoms with Crippen molar-refractivity contribution in [3.05, 3.63) is 41.6 Å². The average Bonchev–Trinajstić information content (AvgIpc) is 2.46. The first-order valence-corrected chi connectivity index (χ1v) is 7.06. The molecule has 1 aromatic heterocycles. The summed E-state index contributed by atoms with van der Waals surface area (Å²) in [5.74, 6) is -0.426. The molecular formula is C16H17N3O2. The summed E-state index contributed by atoms with van der Waals surface area (Å²) in [5, 5.41) is 6.68. The van der Waals surface area contributed by atoms with Crippen molar-refractivity contribution in [3.63, 3.8) is 0 Å². The molecule has 1 atom stereocenters. The van der Waals surface area contributed by atoms with Crippen LogP contribution in [0, 0.1) is 6.92 Å². The summed E-state index contributed by atoms with van der Waals surface area (Å²) in [7, 11) is 0. The van der Waals surface area contributed by atoms with Crippen LogP contribution in [0.5, 0.6) is 0 Å². The number of carbonyl (C=O) groups excluding carboxylic acids is 2. The number of carbonyl (C=O) groups is 2. The van der Waals surface area contributed by atoms with E-state index in [1.807, 2.05) is 37.3 Å². The molecule has 0 radical (unpaired) electrons. The monoisotopic (exact) mass is 283 g/mol. The number of pyridine rings is 1. The number of nitrogens with zero attached hydrogens (tertiary/aromatic N) is 1. The Balaban J connectivity index is 1.79. The van der Waals surface area contributed by atoms with E-state index in [-0.39, 0.29) is 17.9 Å². The van der Waals surface area contributed by atoms with Crippen molar-refractivity contribution in [2.75, 3.05) is 0 Å². The fourth-order valence-corrected chi connectivity index (χ4v) is 2.66. The van der Waals surface area contributed by atoms with E-state index in [4.69, 9.17) is 0 Å². The Hall–Kier alpha value is -2.27. The van der Waals surface area contributed by atoms with Gasteiger partial charge in [0.2, 0.25) is 11.8 Å². The van der Waals surface area contributed by atoms with Crippen LogP contribution < -0.4 is 10.6 Å². The number of para-hydroxylation sites is 1. The molecule has 108 valence electrons. The Morgan fingerprint density at radius 1 is 1.33 bits per heavy atom. The van der Waals surface area contributed by atoms with Gasteiger partial charge in [-0.25, -0.2) is 0 Å². The maximum Gasteiger partial charge on any atom is 0.243 e. The number of nitrogens with one attached hydrogen (secondary N) is 2. The second-order valence-electron chi connectivity index (χ2n) is 5.32. The third-order valence-corrected chi connectivity index (χ3v) is 3.71. The van der Waals surface area contributed by atoms with Crippen LogP contribution in [0.4, 0.5) is 0 Å². The Kier molecular flexibility index (Phi) is 3.66. The van der Waals surface area contributed by atoms with Gasteiger partial charge in [-0.05, 0) is 31.0 Å². The van der Waals surface area contributed by atoms with Gasteiger partial charge in [-0.2, -0.15) is 0 Å². The van der Waals surface area contributed by atoms with Gasteiger partial charge in [0.05, 0.1) is 11.6 Å². The van der Waals surface area contributed by atoms with Gasteiger partial charge in [0.25, 0.3) is 0 Å². The molecule has 5 nitrogen and oxygen atoms in total. The highest BCUT2D eigenvalue weighted by atomic mass is 16.2. The first kappa shape index (κ1) is 13.7. The minimum absolute atomic E-state index is 0.191. The van der Waals surface area contributed by atoms with Gasteiger partial charge in [-0.15, -0.1) is 0 Å². The van der Waals surface area contributed by atoms with Gasteiger partial charge in [0.1, 0.15) is 0 Å². The predicted molar refractivity (Wildman–Crippen MR) is 79.5 cm³/mol. The van der Waals surface area contributed by atoms with E-state index in [9.17, 15) is 9.59 Å². The smallest absolute Gasteiger partial charge is 0.243 e. The summed E-state index contributed by atoms with van der Waals surface area (Å²) in [6.07, 6.45) is 0.937. The van der Waals surface area contributed by atoms with Crippen molar-refractivity contribution in [1.29, 1.82) is 0 Å². The number of rotatable bonds is 3. The van der Waals surface area contributed by atoms with Gasteiger partial charge < -0.3 is 5.32 Å². The molecule has 1 saturated heterocycles. The molecule has 1 aliphatic rings. The van der Waals surface area contributed by atoms with E-state index >= 15 is 0 Å². The molecule has 1 aliphatic heterocycles. The van der Waals surface area contributed by atoms with E-state index in [2.05, 4.69) is 15.6 Å². The zero-order valence-corrected chi connectivity index (χ0v) is 11.8. The van der Waals surface area contributed by atoms with Crippen LogP contribution >= 0.6 is 0 Å². The first-order chi connectivity index (χ1) is 10.1. The largest absolute Gasteiger partial charge is 0.302 e. The molecule has 5 heteroatoms. The maximum absolute atomic E-state index is 11.7. The van der Waals surface area contributed by atoms with Crippen molar-refractivity contribution in [1.82, 2.24) is 15.6 Å². The number of fused-ring (bicyclic) bond motifs is 1. The van der Waals surface area contributed by atoms with E-state index in [1.165, 1.54) is 0 Å². The molecule has 2 amide bonds. The lowest BCUT2D eigenvalue weighted by molar-refractivity contribution is -0.134. The number of aromatic nitrogens is 1. The molecule has 0 aliphatic carbocycles. The zero-order valence-electron chi connectivity index (χ0n) is 11.8. The number of aryl methyl sites for hydroxylation is 1. The van der Waals surface area contributed by atoms with Crippen LogP contribution in [0.3, 0.4) is 0 Å². The highest BCUT2D eigenvalue weighted by molar-refractivity contribution is 6.00. The van der Waals surface area contributed by atoms with Crippen molar-refractivity contribution < 1.29 is 9.59 Å². The minimum atomic E-state index is -0.310. The molecule has 2 N–H and O–H groups in total. The van der Waals surface area contributed by atoms with E-state index in [1.54, 1.807) is 0 Å². The molecule has 0 bridgehead atoms. The summed E-state index contributed by atoms with van der Waals surface area (Å²) in [6, 6.07) is 9.68. The molecule has 2 heterocycles. The Bertz CT molecular complexity index is 712. The lowest BCUT2D eigenvalue weighted by atomic mass is 10.0. The number of hydrogen-bond acceptors (Lipinski definition) is 4. The molecule has 1 unspecified atom stereocenters. The van der Waals surface area contributed by atoms with Crippen LogP contribution in [0.15, 0.2) is 30.3 Å². The summed E-state index contributed by atoms with van der Waals surface area (Å²) in [5.41, 5.74) is 3.02. The highest BCUT2D eigenvalue weighted by Gasteiger charge is 2.25. The van der Waals surface area contributed by atoms with E-state index < -0.39 is 0 Å². The summed E-state index contributed by atoms with van der Waals surface area (Å²) in [4.78, 5) is 27.4. The van der Waals surface area contributed by atoms with E-state index in [0.717, 1.165) is 22.2 Å². The summed E-state index contributed by atoms with van der Waals surface area (Å²) in [6.45, 7) is 2.54. The third-order valence-electron chi connectivity index (χ3n) is 3.71. The normalized spacial score (nSPS) is 18.8. The van der Waals surface area contributed by atoms with Crippen LogP contribution in [0.1, 0.15) is 24.1 Å². The number of hydrogen-bond donors (Lipinski definition) is 2. The third kappa shape index (κ3) is 2.92. The molecule has 21 heavy (non-hydrogen) atoms. The van der Waals surface area contributed by atoms with Gasteiger partial charge in [-0.1, -0.05) is 18.2 Å². The molecular weight excluding hydrogens is 266 g/mol.